The highest BCUT2D eigenvalue weighted by atomic mass is 16.5. The van der Waals surface area contributed by atoms with E-state index in [1.165, 1.54) is 19.3 Å². The van der Waals surface area contributed by atoms with Crippen LogP contribution in [0.3, 0.4) is 0 Å². The van der Waals surface area contributed by atoms with Gasteiger partial charge in [0.1, 0.15) is 12.7 Å². The van der Waals surface area contributed by atoms with E-state index in [9.17, 15) is 4.79 Å². The zero-order chi connectivity index (χ0) is 15.1. The fourth-order valence-corrected chi connectivity index (χ4v) is 3.35. The van der Waals surface area contributed by atoms with E-state index >= 15 is 0 Å². The monoisotopic (exact) mass is 286 g/mol. The van der Waals surface area contributed by atoms with Crippen LogP contribution in [0.15, 0.2) is 0 Å². The largest absolute Gasteiger partial charge is 0.463 e. The number of hydrogen-bond donors (Lipinski definition) is 2. The molecule has 0 aliphatic heterocycles. The topological polar surface area (TPSA) is 66.8 Å². The third kappa shape index (κ3) is 5.80. The van der Waals surface area contributed by atoms with Gasteiger partial charge in [-0.1, -0.05) is 27.2 Å². The van der Waals surface area contributed by atoms with E-state index in [0.717, 1.165) is 12.3 Å². The van der Waals surface area contributed by atoms with E-state index in [2.05, 4.69) is 20.8 Å². The van der Waals surface area contributed by atoms with Gasteiger partial charge in [0.05, 0.1) is 6.61 Å². The van der Waals surface area contributed by atoms with Crippen molar-refractivity contribution in [3.8, 4) is 0 Å². The second-order valence-electron chi connectivity index (χ2n) is 6.64. The Kier molecular flexibility index (Phi) is 7.52. The van der Waals surface area contributed by atoms with Crippen molar-refractivity contribution in [2.45, 2.75) is 59.0 Å². The van der Waals surface area contributed by atoms with E-state index in [-0.39, 0.29) is 19.2 Å². The first kappa shape index (κ1) is 17.4. The SMILES string of the molecule is CC(C)C1CC[C@@H](C)C[C@H]1CCC(=O)OCC(O)CO. The number of rotatable bonds is 7. The summed E-state index contributed by atoms with van der Waals surface area (Å²) >= 11 is 0. The van der Waals surface area contributed by atoms with Crippen molar-refractivity contribution < 1.29 is 19.7 Å². The Hall–Kier alpha value is -0.610. The molecule has 20 heavy (non-hydrogen) atoms. The van der Waals surface area contributed by atoms with Gasteiger partial charge in [-0.2, -0.15) is 0 Å². The van der Waals surface area contributed by atoms with Gasteiger partial charge in [-0.25, -0.2) is 0 Å². The number of aliphatic hydroxyl groups excluding tert-OH is 2. The van der Waals surface area contributed by atoms with Crippen LogP contribution in [-0.2, 0) is 9.53 Å². The van der Waals surface area contributed by atoms with E-state index in [1.807, 2.05) is 0 Å². The second kappa shape index (κ2) is 8.63. The van der Waals surface area contributed by atoms with Gasteiger partial charge < -0.3 is 14.9 Å². The Morgan fingerprint density at radius 3 is 2.65 bits per heavy atom. The average Bonchev–Trinajstić information content (AvgIpc) is 2.42. The van der Waals surface area contributed by atoms with Crippen molar-refractivity contribution >= 4 is 5.97 Å². The quantitative estimate of drug-likeness (QED) is 0.705. The lowest BCUT2D eigenvalue weighted by Crippen LogP contribution is -2.28. The van der Waals surface area contributed by atoms with Gasteiger partial charge in [0.15, 0.2) is 0 Å². The van der Waals surface area contributed by atoms with Gasteiger partial charge in [0, 0.05) is 6.42 Å². The van der Waals surface area contributed by atoms with Crippen molar-refractivity contribution in [2.24, 2.45) is 23.7 Å². The Labute approximate surface area is 122 Å². The number of esters is 1. The molecule has 1 aliphatic carbocycles. The van der Waals surface area contributed by atoms with E-state index < -0.39 is 6.10 Å². The Morgan fingerprint density at radius 2 is 2.05 bits per heavy atom. The van der Waals surface area contributed by atoms with Gasteiger partial charge in [-0.15, -0.1) is 0 Å². The normalized spacial score (nSPS) is 28.4. The summed E-state index contributed by atoms with van der Waals surface area (Å²) in [6, 6.07) is 0. The molecule has 1 aliphatic rings. The van der Waals surface area contributed by atoms with Crippen molar-refractivity contribution in [1.82, 2.24) is 0 Å². The van der Waals surface area contributed by atoms with E-state index in [4.69, 9.17) is 14.9 Å². The summed E-state index contributed by atoms with van der Waals surface area (Å²) in [6.45, 7) is 6.35. The van der Waals surface area contributed by atoms with Crippen LogP contribution in [0.2, 0.25) is 0 Å². The predicted molar refractivity (Wildman–Crippen MR) is 78.1 cm³/mol. The standard InChI is InChI=1S/C16H30O4/c1-11(2)15-6-4-12(3)8-13(15)5-7-16(19)20-10-14(18)9-17/h11-15,17-18H,4-10H2,1-3H3/t12-,13-,14?,15?/m1/s1. The highest BCUT2D eigenvalue weighted by molar-refractivity contribution is 5.69. The van der Waals surface area contributed by atoms with Crippen LogP contribution in [0.25, 0.3) is 0 Å². The number of hydrogen-bond acceptors (Lipinski definition) is 4. The van der Waals surface area contributed by atoms with Crippen LogP contribution in [0.4, 0.5) is 0 Å². The lowest BCUT2D eigenvalue weighted by molar-refractivity contribution is -0.147. The molecule has 0 heterocycles. The minimum absolute atomic E-state index is 0.107. The predicted octanol–water partition coefficient (Wildman–Crippen LogP) is 2.37. The van der Waals surface area contributed by atoms with Crippen LogP contribution < -0.4 is 0 Å². The molecule has 2 unspecified atom stereocenters. The molecule has 0 aromatic heterocycles. The summed E-state index contributed by atoms with van der Waals surface area (Å²) in [6.07, 6.45) is 4.10. The fourth-order valence-electron chi connectivity index (χ4n) is 3.35. The minimum atomic E-state index is -0.961. The van der Waals surface area contributed by atoms with Crippen LogP contribution in [0.1, 0.15) is 52.9 Å². The van der Waals surface area contributed by atoms with Crippen LogP contribution >= 0.6 is 0 Å². The van der Waals surface area contributed by atoms with Crippen LogP contribution in [0.5, 0.6) is 0 Å². The van der Waals surface area contributed by atoms with E-state index in [0.29, 0.717) is 24.2 Å². The molecular formula is C16H30O4. The molecule has 0 saturated heterocycles. The third-order valence-electron chi connectivity index (χ3n) is 4.53. The Balaban J connectivity index is 2.35. The van der Waals surface area contributed by atoms with Crippen LogP contribution in [-0.4, -0.2) is 35.5 Å². The number of carbonyl (C=O) groups is 1. The molecule has 2 N–H and O–H groups in total. The first-order valence-corrected chi connectivity index (χ1v) is 7.88. The molecular weight excluding hydrogens is 256 g/mol. The molecule has 0 aromatic carbocycles. The van der Waals surface area contributed by atoms with Gasteiger partial charge in [-0.3, -0.25) is 4.79 Å². The van der Waals surface area contributed by atoms with Gasteiger partial charge >= 0.3 is 5.97 Å². The molecule has 0 bridgehead atoms. The molecule has 4 atom stereocenters. The van der Waals surface area contributed by atoms with E-state index in [1.54, 1.807) is 0 Å². The van der Waals surface area contributed by atoms with Crippen molar-refractivity contribution in [3.63, 3.8) is 0 Å². The highest BCUT2D eigenvalue weighted by Gasteiger charge is 2.30. The van der Waals surface area contributed by atoms with Crippen molar-refractivity contribution in [1.29, 1.82) is 0 Å². The second-order valence-corrected chi connectivity index (χ2v) is 6.64. The average molecular weight is 286 g/mol. The lowest BCUT2D eigenvalue weighted by Gasteiger charge is -2.37. The maximum absolute atomic E-state index is 11.6. The maximum Gasteiger partial charge on any atom is 0.305 e. The summed E-state index contributed by atoms with van der Waals surface area (Å²) in [7, 11) is 0. The molecule has 118 valence electrons. The Morgan fingerprint density at radius 1 is 1.35 bits per heavy atom. The molecule has 4 nitrogen and oxygen atoms in total. The summed E-state index contributed by atoms with van der Waals surface area (Å²) in [5, 5.41) is 17.8. The summed E-state index contributed by atoms with van der Waals surface area (Å²) < 4.78 is 4.96. The smallest absolute Gasteiger partial charge is 0.305 e. The zero-order valence-electron chi connectivity index (χ0n) is 13.0. The molecule has 4 heteroatoms. The summed E-state index contributed by atoms with van der Waals surface area (Å²) in [5.41, 5.74) is 0. The van der Waals surface area contributed by atoms with Crippen molar-refractivity contribution in [2.75, 3.05) is 13.2 Å². The highest BCUT2D eigenvalue weighted by Crippen LogP contribution is 2.40. The molecule has 1 rings (SSSR count). The molecule has 0 radical (unpaired) electrons. The third-order valence-corrected chi connectivity index (χ3v) is 4.53. The zero-order valence-corrected chi connectivity index (χ0v) is 13.0. The molecule has 0 aromatic rings. The first-order chi connectivity index (χ1) is 9.43. The molecule has 1 fully saturated rings. The number of ether oxygens (including phenoxy) is 1. The van der Waals surface area contributed by atoms with Gasteiger partial charge in [0.25, 0.3) is 0 Å². The molecule has 1 saturated carbocycles. The number of carbonyl (C=O) groups excluding carboxylic acids is 1. The molecule has 0 amide bonds. The lowest BCUT2D eigenvalue weighted by atomic mass is 9.68. The summed E-state index contributed by atoms with van der Waals surface area (Å²) in [4.78, 5) is 11.6. The first-order valence-electron chi connectivity index (χ1n) is 7.88. The van der Waals surface area contributed by atoms with Gasteiger partial charge in [-0.05, 0) is 42.9 Å². The Bertz CT molecular complexity index is 290. The maximum atomic E-state index is 11.6. The van der Waals surface area contributed by atoms with Crippen molar-refractivity contribution in [3.05, 3.63) is 0 Å². The minimum Gasteiger partial charge on any atom is -0.463 e. The number of aliphatic hydroxyl groups is 2. The molecule has 0 spiro atoms. The summed E-state index contributed by atoms with van der Waals surface area (Å²) in [5.74, 6) is 2.47. The van der Waals surface area contributed by atoms with Crippen LogP contribution in [0, 0.1) is 23.7 Å². The van der Waals surface area contributed by atoms with Gasteiger partial charge in [0.2, 0.25) is 0 Å². The fraction of sp³-hybridized carbons (Fsp3) is 0.938.